The average molecular weight is 234 g/mol. The molecule has 2 rings (SSSR count). The molecule has 0 saturated carbocycles. The quantitative estimate of drug-likeness (QED) is 0.791. The van der Waals surface area contributed by atoms with Crippen LogP contribution in [0.3, 0.4) is 0 Å². The molecule has 2 atom stereocenters. The second-order valence-corrected chi connectivity index (χ2v) is 4.59. The Kier molecular flexibility index (Phi) is 3.45. The number of rotatable bonds is 2. The molecule has 1 amide bonds. The van der Waals surface area contributed by atoms with Crippen molar-refractivity contribution in [2.75, 3.05) is 18.1 Å². The van der Waals surface area contributed by atoms with Crippen LogP contribution >= 0.6 is 0 Å². The first kappa shape index (κ1) is 12.1. The van der Waals surface area contributed by atoms with Gasteiger partial charge in [-0.15, -0.1) is 0 Å². The molecule has 0 radical (unpaired) electrons. The molecule has 2 N–H and O–H groups in total. The molecule has 1 fully saturated rings. The van der Waals surface area contributed by atoms with E-state index in [-0.39, 0.29) is 18.6 Å². The van der Waals surface area contributed by atoms with Gasteiger partial charge in [0.1, 0.15) is 6.04 Å². The van der Waals surface area contributed by atoms with Crippen molar-refractivity contribution < 1.29 is 9.90 Å². The number of aliphatic hydroxyl groups is 1. The van der Waals surface area contributed by atoms with Gasteiger partial charge < -0.3 is 10.0 Å². The predicted molar refractivity (Wildman–Crippen MR) is 67.0 cm³/mol. The Labute approximate surface area is 101 Å². The number of hydrogen-bond donors (Lipinski definition) is 2. The molecule has 0 aliphatic carbocycles. The molecule has 92 valence electrons. The zero-order valence-electron chi connectivity index (χ0n) is 10.2. The summed E-state index contributed by atoms with van der Waals surface area (Å²) in [7, 11) is 0. The number of nitrogens with zero attached hydrogens (tertiary/aromatic N) is 1. The van der Waals surface area contributed by atoms with Gasteiger partial charge in [0.05, 0.1) is 6.61 Å². The van der Waals surface area contributed by atoms with Gasteiger partial charge in [0, 0.05) is 18.3 Å². The highest BCUT2D eigenvalue weighted by Gasteiger charge is 2.31. The summed E-state index contributed by atoms with van der Waals surface area (Å²) in [6, 6.07) is 7.57. The van der Waals surface area contributed by atoms with Crippen molar-refractivity contribution >= 4 is 11.6 Å². The molecule has 1 aromatic rings. The van der Waals surface area contributed by atoms with Crippen LogP contribution < -0.4 is 10.2 Å². The molecule has 0 aromatic heterocycles. The standard InChI is InChI=1S/C13H18N2O2/c1-9-3-5-11(6-4-9)15-7-10(2)14-12(8-16)13(15)17/h3-6,10,12,14,16H,7-8H2,1-2H3. The summed E-state index contributed by atoms with van der Waals surface area (Å²) in [5.74, 6) is -0.0607. The Balaban J connectivity index is 2.24. The highest BCUT2D eigenvalue weighted by Crippen LogP contribution is 2.19. The number of carbonyl (C=O) groups excluding carboxylic acids is 1. The molecule has 1 aliphatic heterocycles. The van der Waals surface area contributed by atoms with E-state index in [9.17, 15) is 9.90 Å². The second-order valence-electron chi connectivity index (χ2n) is 4.59. The summed E-state index contributed by atoms with van der Waals surface area (Å²) in [4.78, 5) is 13.8. The lowest BCUT2D eigenvalue weighted by Crippen LogP contribution is -2.60. The molecule has 1 saturated heterocycles. The number of hydrogen-bond acceptors (Lipinski definition) is 3. The van der Waals surface area contributed by atoms with Crippen LogP contribution in [-0.4, -0.2) is 36.2 Å². The molecule has 4 nitrogen and oxygen atoms in total. The number of piperazine rings is 1. The van der Waals surface area contributed by atoms with E-state index >= 15 is 0 Å². The van der Waals surface area contributed by atoms with Crippen LogP contribution in [-0.2, 0) is 4.79 Å². The lowest BCUT2D eigenvalue weighted by Gasteiger charge is -2.36. The number of aliphatic hydroxyl groups excluding tert-OH is 1. The number of aryl methyl sites for hydroxylation is 1. The third-order valence-corrected chi connectivity index (χ3v) is 3.03. The third-order valence-electron chi connectivity index (χ3n) is 3.03. The van der Waals surface area contributed by atoms with Crippen LogP contribution in [0.15, 0.2) is 24.3 Å². The lowest BCUT2D eigenvalue weighted by atomic mass is 10.1. The fourth-order valence-electron chi connectivity index (χ4n) is 2.11. The maximum atomic E-state index is 12.1. The number of carbonyl (C=O) groups is 1. The minimum Gasteiger partial charge on any atom is -0.394 e. The zero-order valence-corrected chi connectivity index (χ0v) is 10.2. The van der Waals surface area contributed by atoms with Crippen LogP contribution in [0.2, 0.25) is 0 Å². The fourth-order valence-corrected chi connectivity index (χ4v) is 2.11. The Morgan fingerprint density at radius 3 is 2.65 bits per heavy atom. The van der Waals surface area contributed by atoms with Crippen molar-refractivity contribution in [3.05, 3.63) is 29.8 Å². The first-order valence-electron chi connectivity index (χ1n) is 5.87. The maximum Gasteiger partial charge on any atom is 0.246 e. The summed E-state index contributed by atoms with van der Waals surface area (Å²) < 4.78 is 0. The summed E-state index contributed by atoms with van der Waals surface area (Å²) in [5, 5.41) is 12.3. The molecule has 1 heterocycles. The monoisotopic (exact) mass is 234 g/mol. The third kappa shape index (κ3) is 2.48. The van der Waals surface area contributed by atoms with Gasteiger partial charge in [-0.1, -0.05) is 17.7 Å². The van der Waals surface area contributed by atoms with Gasteiger partial charge in [0.15, 0.2) is 0 Å². The van der Waals surface area contributed by atoms with Gasteiger partial charge in [-0.3, -0.25) is 10.1 Å². The van der Waals surface area contributed by atoms with E-state index < -0.39 is 6.04 Å². The van der Waals surface area contributed by atoms with Crippen LogP contribution in [0.1, 0.15) is 12.5 Å². The first-order valence-corrected chi connectivity index (χ1v) is 5.87. The minimum atomic E-state index is -0.486. The van der Waals surface area contributed by atoms with E-state index in [1.165, 1.54) is 5.56 Å². The highest BCUT2D eigenvalue weighted by molar-refractivity contribution is 5.98. The molecule has 2 unspecified atom stereocenters. The van der Waals surface area contributed by atoms with Crippen molar-refractivity contribution in [2.24, 2.45) is 0 Å². The molecular formula is C13H18N2O2. The Morgan fingerprint density at radius 1 is 1.41 bits per heavy atom. The highest BCUT2D eigenvalue weighted by atomic mass is 16.3. The first-order chi connectivity index (χ1) is 8.11. The summed E-state index contributed by atoms with van der Waals surface area (Å²) in [6.07, 6.45) is 0. The van der Waals surface area contributed by atoms with E-state index in [1.807, 2.05) is 38.1 Å². The largest absolute Gasteiger partial charge is 0.394 e. The summed E-state index contributed by atoms with van der Waals surface area (Å²) >= 11 is 0. The zero-order chi connectivity index (χ0) is 12.4. The van der Waals surface area contributed by atoms with E-state index in [1.54, 1.807) is 4.90 Å². The molecule has 0 bridgehead atoms. The van der Waals surface area contributed by atoms with Crippen LogP contribution in [0.5, 0.6) is 0 Å². The Morgan fingerprint density at radius 2 is 2.06 bits per heavy atom. The fraction of sp³-hybridized carbons (Fsp3) is 0.462. The van der Waals surface area contributed by atoms with Gasteiger partial charge in [-0.05, 0) is 26.0 Å². The molecule has 17 heavy (non-hydrogen) atoms. The number of amides is 1. The van der Waals surface area contributed by atoms with Gasteiger partial charge in [0.25, 0.3) is 0 Å². The van der Waals surface area contributed by atoms with Crippen LogP contribution in [0, 0.1) is 6.92 Å². The second kappa shape index (κ2) is 4.85. The molecule has 1 aliphatic rings. The molecule has 0 spiro atoms. The number of benzene rings is 1. The summed E-state index contributed by atoms with van der Waals surface area (Å²) in [5.41, 5.74) is 2.07. The number of nitrogens with one attached hydrogen (secondary N) is 1. The lowest BCUT2D eigenvalue weighted by molar-refractivity contribution is -0.123. The van der Waals surface area contributed by atoms with Gasteiger partial charge in [0.2, 0.25) is 5.91 Å². The Hall–Kier alpha value is -1.39. The minimum absolute atomic E-state index is 0.0607. The van der Waals surface area contributed by atoms with Crippen molar-refractivity contribution in [2.45, 2.75) is 25.9 Å². The normalized spacial score (nSPS) is 25.1. The van der Waals surface area contributed by atoms with Crippen molar-refractivity contribution in [3.63, 3.8) is 0 Å². The van der Waals surface area contributed by atoms with E-state index in [4.69, 9.17) is 0 Å². The van der Waals surface area contributed by atoms with Crippen molar-refractivity contribution in [1.29, 1.82) is 0 Å². The predicted octanol–water partition coefficient (Wildman–Crippen LogP) is 0.681. The van der Waals surface area contributed by atoms with Crippen molar-refractivity contribution in [3.8, 4) is 0 Å². The van der Waals surface area contributed by atoms with Crippen LogP contribution in [0.25, 0.3) is 0 Å². The van der Waals surface area contributed by atoms with Crippen LogP contribution in [0.4, 0.5) is 5.69 Å². The molecular weight excluding hydrogens is 216 g/mol. The van der Waals surface area contributed by atoms with Gasteiger partial charge >= 0.3 is 0 Å². The topological polar surface area (TPSA) is 52.6 Å². The van der Waals surface area contributed by atoms with Crippen molar-refractivity contribution in [1.82, 2.24) is 5.32 Å². The number of anilines is 1. The van der Waals surface area contributed by atoms with E-state index in [0.29, 0.717) is 6.54 Å². The molecule has 4 heteroatoms. The maximum absolute atomic E-state index is 12.1. The Bertz CT molecular complexity index is 402. The van der Waals surface area contributed by atoms with Gasteiger partial charge in [-0.2, -0.15) is 0 Å². The molecule has 1 aromatic carbocycles. The summed E-state index contributed by atoms with van der Waals surface area (Å²) in [6.45, 7) is 4.50. The van der Waals surface area contributed by atoms with Gasteiger partial charge in [-0.25, -0.2) is 0 Å². The smallest absolute Gasteiger partial charge is 0.246 e. The average Bonchev–Trinajstić information content (AvgIpc) is 2.33. The van der Waals surface area contributed by atoms with E-state index in [2.05, 4.69) is 5.32 Å². The van der Waals surface area contributed by atoms with E-state index in [0.717, 1.165) is 5.69 Å². The SMILES string of the molecule is Cc1ccc(N2CC(C)NC(CO)C2=O)cc1.